The lowest BCUT2D eigenvalue weighted by Gasteiger charge is -2.06. The topological polar surface area (TPSA) is 40.5 Å². The summed E-state index contributed by atoms with van der Waals surface area (Å²) >= 11 is 3.40. The SMILES string of the molecule is OCC[S+](CCO)Cc1ccc(Br)cc1. The second kappa shape index (κ2) is 7.28. The van der Waals surface area contributed by atoms with Crippen LogP contribution in [0.15, 0.2) is 28.7 Å². The summed E-state index contributed by atoms with van der Waals surface area (Å²) in [5, 5.41) is 17.8. The van der Waals surface area contributed by atoms with Crippen molar-refractivity contribution in [2.75, 3.05) is 24.7 Å². The Bertz CT molecular complexity index is 270. The molecule has 0 spiro atoms. The average Bonchev–Trinajstić information content (AvgIpc) is 2.22. The molecular weight excluding hydrogens is 276 g/mol. The Morgan fingerprint density at radius 1 is 1.00 bits per heavy atom. The lowest BCUT2D eigenvalue weighted by Crippen LogP contribution is -2.19. The van der Waals surface area contributed by atoms with E-state index in [1.54, 1.807) is 0 Å². The summed E-state index contributed by atoms with van der Waals surface area (Å²) in [7, 11) is 0.103. The van der Waals surface area contributed by atoms with Crippen LogP contribution >= 0.6 is 15.9 Å². The standard InChI is InChI=1S/C11H16BrO2S/c12-11-3-1-10(2-4-11)9-15(7-5-13)8-6-14/h1-4,13-14H,5-9H2/q+1. The highest BCUT2D eigenvalue weighted by Gasteiger charge is 2.17. The minimum absolute atomic E-state index is 0.103. The van der Waals surface area contributed by atoms with Gasteiger partial charge in [0.1, 0.15) is 17.3 Å². The summed E-state index contributed by atoms with van der Waals surface area (Å²) in [5.74, 6) is 2.53. The van der Waals surface area contributed by atoms with Gasteiger partial charge in [0.25, 0.3) is 0 Å². The predicted octanol–water partition coefficient (Wildman–Crippen LogP) is 1.55. The lowest BCUT2D eigenvalue weighted by atomic mass is 10.2. The molecule has 0 amide bonds. The molecule has 0 bridgehead atoms. The van der Waals surface area contributed by atoms with Crippen molar-refractivity contribution >= 4 is 26.8 Å². The number of hydrogen-bond donors (Lipinski definition) is 2. The second-order valence-electron chi connectivity index (χ2n) is 3.24. The first-order chi connectivity index (χ1) is 7.26. The van der Waals surface area contributed by atoms with Gasteiger partial charge < -0.3 is 10.2 Å². The van der Waals surface area contributed by atoms with Crippen LogP contribution in [0, 0.1) is 0 Å². The maximum Gasteiger partial charge on any atom is 0.133 e. The molecule has 1 aromatic carbocycles. The van der Waals surface area contributed by atoms with Crippen molar-refractivity contribution in [3.63, 3.8) is 0 Å². The summed E-state index contributed by atoms with van der Waals surface area (Å²) < 4.78 is 1.08. The Labute approximate surface area is 102 Å². The first-order valence-corrected chi connectivity index (χ1v) is 7.39. The minimum atomic E-state index is 0.103. The van der Waals surface area contributed by atoms with Gasteiger partial charge in [-0.05, 0) is 23.0 Å². The van der Waals surface area contributed by atoms with Crippen LogP contribution in [0.2, 0.25) is 0 Å². The normalized spacial score (nSPS) is 10.9. The number of benzene rings is 1. The fourth-order valence-corrected chi connectivity index (χ4v) is 3.26. The third-order valence-electron chi connectivity index (χ3n) is 2.04. The molecule has 0 saturated heterocycles. The van der Waals surface area contributed by atoms with Crippen molar-refractivity contribution in [1.29, 1.82) is 0 Å². The van der Waals surface area contributed by atoms with E-state index in [0.717, 1.165) is 21.7 Å². The Morgan fingerprint density at radius 2 is 1.53 bits per heavy atom. The molecule has 4 heteroatoms. The Balaban J connectivity index is 2.53. The molecule has 0 radical (unpaired) electrons. The molecule has 15 heavy (non-hydrogen) atoms. The molecule has 2 N–H and O–H groups in total. The van der Waals surface area contributed by atoms with E-state index in [-0.39, 0.29) is 24.1 Å². The fourth-order valence-electron chi connectivity index (χ4n) is 1.32. The van der Waals surface area contributed by atoms with E-state index in [4.69, 9.17) is 10.2 Å². The van der Waals surface area contributed by atoms with Crippen LogP contribution in [0.1, 0.15) is 5.56 Å². The van der Waals surface area contributed by atoms with E-state index in [0.29, 0.717) is 0 Å². The van der Waals surface area contributed by atoms with Crippen LogP contribution in [-0.4, -0.2) is 34.9 Å². The zero-order chi connectivity index (χ0) is 11.1. The summed E-state index contributed by atoms with van der Waals surface area (Å²) in [6.07, 6.45) is 0. The highest BCUT2D eigenvalue weighted by atomic mass is 79.9. The van der Waals surface area contributed by atoms with E-state index in [1.165, 1.54) is 5.56 Å². The summed E-state index contributed by atoms with van der Waals surface area (Å²) in [5.41, 5.74) is 1.27. The van der Waals surface area contributed by atoms with Gasteiger partial charge in [0.15, 0.2) is 0 Å². The summed E-state index contributed by atoms with van der Waals surface area (Å²) in [4.78, 5) is 0. The number of aliphatic hydroxyl groups excluding tert-OH is 2. The first-order valence-electron chi connectivity index (χ1n) is 4.86. The zero-order valence-corrected chi connectivity index (χ0v) is 10.9. The molecule has 0 atom stereocenters. The van der Waals surface area contributed by atoms with Crippen molar-refractivity contribution in [2.45, 2.75) is 5.75 Å². The van der Waals surface area contributed by atoms with Crippen LogP contribution in [0.25, 0.3) is 0 Å². The first kappa shape index (κ1) is 13.0. The summed E-state index contributed by atoms with van der Waals surface area (Å²) in [6.45, 7) is 0.416. The van der Waals surface area contributed by atoms with Crippen LogP contribution < -0.4 is 0 Å². The van der Waals surface area contributed by atoms with E-state index in [1.807, 2.05) is 12.1 Å². The highest BCUT2D eigenvalue weighted by molar-refractivity contribution is 9.10. The molecule has 0 aliphatic rings. The van der Waals surface area contributed by atoms with Gasteiger partial charge in [0.05, 0.1) is 13.2 Å². The highest BCUT2D eigenvalue weighted by Crippen LogP contribution is 2.14. The molecule has 1 rings (SSSR count). The Hall–Kier alpha value is -0.0300. The third kappa shape index (κ3) is 5.02. The predicted molar refractivity (Wildman–Crippen MR) is 69.1 cm³/mol. The summed E-state index contributed by atoms with van der Waals surface area (Å²) in [6, 6.07) is 8.21. The minimum Gasteiger partial charge on any atom is -0.391 e. The quantitative estimate of drug-likeness (QED) is 0.781. The van der Waals surface area contributed by atoms with Crippen molar-refractivity contribution in [2.24, 2.45) is 0 Å². The van der Waals surface area contributed by atoms with E-state index < -0.39 is 0 Å². The largest absolute Gasteiger partial charge is 0.391 e. The molecule has 2 nitrogen and oxygen atoms in total. The van der Waals surface area contributed by atoms with E-state index >= 15 is 0 Å². The van der Waals surface area contributed by atoms with Gasteiger partial charge in [0.2, 0.25) is 0 Å². The molecule has 0 unspecified atom stereocenters. The van der Waals surface area contributed by atoms with Gasteiger partial charge in [0, 0.05) is 10.0 Å². The third-order valence-corrected chi connectivity index (χ3v) is 4.83. The van der Waals surface area contributed by atoms with Crippen molar-refractivity contribution in [3.05, 3.63) is 34.3 Å². The van der Waals surface area contributed by atoms with Crippen molar-refractivity contribution in [1.82, 2.24) is 0 Å². The van der Waals surface area contributed by atoms with Crippen LogP contribution in [-0.2, 0) is 16.6 Å². The van der Waals surface area contributed by atoms with Crippen molar-refractivity contribution in [3.8, 4) is 0 Å². The van der Waals surface area contributed by atoms with Crippen LogP contribution in [0.4, 0.5) is 0 Å². The van der Waals surface area contributed by atoms with E-state index in [2.05, 4.69) is 28.1 Å². The number of aliphatic hydroxyl groups is 2. The van der Waals surface area contributed by atoms with Gasteiger partial charge >= 0.3 is 0 Å². The molecule has 0 aromatic heterocycles. The number of halogens is 1. The molecule has 84 valence electrons. The molecule has 0 heterocycles. The molecule has 0 aliphatic heterocycles. The molecule has 0 saturated carbocycles. The molecule has 0 fully saturated rings. The molecule has 1 aromatic rings. The van der Waals surface area contributed by atoms with Gasteiger partial charge in [-0.3, -0.25) is 0 Å². The van der Waals surface area contributed by atoms with Gasteiger partial charge in [-0.15, -0.1) is 0 Å². The molecule has 0 aliphatic carbocycles. The Morgan fingerprint density at radius 3 is 2.00 bits per heavy atom. The zero-order valence-electron chi connectivity index (χ0n) is 8.53. The maximum atomic E-state index is 8.90. The fraction of sp³-hybridized carbons (Fsp3) is 0.455. The van der Waals surface area contributed by atoms with Crippen molar-refractivity contribution < 1.29 is 10.2 Å². The van der Waals surface area contributed by atoms with Gasteiger partial charge in [-0.25, -0.2) is 0 Å². The second-order valence-corrected chi connectivity index (χ2v) is 6.48. The van der Waals surface area contributed by atoms with Crippen LogP contribution in [0.5, 0.6) is 0 Å². The maximum absolute atomic E-state index is 8.90. The number of hydrogen-bond acceptors (Lipinski definition) is 2. The molecular formula is C11H16BrO2S+. The lowest BCUT2D eigenvalue weighted by molar-refractivity contribution is 0.316. The Kier molecular flexibility index (Phi) is 6.32. The smallest absolute Gasteiger partial charge is 0.133 e. The van der Waals surface area contributed by atoms with Gasteiger partial charge in [-0.2, -0.15) is 0 Å². The number of rotatable bonds is 6. The van der Waals surface area contributed by atoms with E-state index in [9.17, 15) is 0 Å². The van der Waals surface area contributed by atoms with Crippen LogP contribution in [0.3, 0.4) is 0 Å². The monoisotopic (exact) mass is 291 g/mol. The average molecular weight is 292 g/mol. The van der Waals surface area contributed by atoms with Gasteiger partial charge in [-0.1, -0.05) is 28.1 Å².